The maximum absolute atomic E-state index is 12.2. The van der Waals surface area contributed by atoms with E-state index < -0.39 is 0 Å². The van der Waals surface area contributed by atoms with Gasteiger partial charge >= 0.3 is 0 Å². The van der Waals surface area contributed by atoms with Crippen molar-refractivity contribution in [1.82, 2.24) is 9.97 Å². The third-order valence-corrected chi connectivity index (χ3v) is 3.24. The smallest absolute Gasteiger partial charge is 0.186 e. The van der Waals surface area contributed by atoms with E-state index in [0.717, 1.165) is 12.8 Å². The average molecular weight is 224 g/mol. The van der Waals surface area contributed by atoms with E-state index in [9.17, 15) is 4.79 Å². The SMILES string of the molecule is O=C(c1cnccn1)C1Cc2ccccc2C1. The van der Waals surface area contributed by atoms with Crippen LogP contribution >= 0.6 is 0 Å². The lowest BCUT2D eigenvalue weighted by Gasteiger charge is -2.05. The molecule has 0 bridgehead atoms. The van der Waals surface area contributed by atoms with Crippen LogP contribution in [0.3, 0.4) is 0 Å². The molecule has 0 unspecified atom stereocenters. The minimum atomic E-state index is 0.0316. The molecule has 1 heterocycles. The van der Waals surface area contributed by atoms with Crippen LogP contribution in [0.1, 0.15) is 21.6 Å². The number of carbonyl (C=O) groups excluding carboxylic acids is 1. The number of hydrogen-bond acceptors (Lipinski definition) is 3. The van der Waals surface area contributed by atoms with E-state index in [1.54, 1.807) is 18.6 Å². The summed E-state index contributed by atoms with van der Waals surface area (Å²) in [5.41, 5.74) is 3.05. The lowest BCUT2D eigenvalue weighted by atomic mass is 9.99. The second-order valence-corrected chi connectivity index (χ2v) is 4.33. The van der Waals surface area contributed by atoms with Gasteiger partial charge in [0.15, 0.2) is 5.78 Å². The number of benzene rings is 1. The summed E-state index contributed by atoms with van der Waals surface area (Å²) in [5, 5.41) is 0. The van der Waals surface area contributed by atoms with Crippen LogP contribution in [0.25, 0.3) is 0 Å². The molecular weight excluding hydrogens is 212 g/mol. The zero-order valence-electron chi connectivity index (χ0n) is 9.34. The molecule has 1 aliphatic carbocycles. The summed E-state index contributed by atoms with van der Waals surface area (Å²) in [7, 11) is 0. The van der Waals surface area contributed by atoms with Crippen molar-refractivity contribution in [3.8, 4) is 0 Å². The molecule has 17 heavy (non-hydrogen) atoms. The highest BCUT2D eigenvalue weighted by molar-refractivity contribution is 5.96. The fourth-order valence-electron chi connectivity index (χ4n) is 2.38. The fourth-order valence-corrected chi connectivity index (χ4v) is 2.38. The molecule has 2 aromatic rings. The van der Waals surface area contributed by atoms with Crippen molar-refractivity contribution in [3.63, 3.8) is 0 Å². The van der Waals surface area contributed by atoms with Crippen molar-refractivity contribution in [2.24, 2.45) is 5.92 Å². The Morgan fingerprint density at radius 3 is 2.41 bits per heavy atom. The molecule has 84 valence electrons. The van der Waals surface area contributed by atoms with E-state index in [2.05, 4.69) is 22.1 Å². The summed E-state index contributed by atoms with van der Waals surface area (Å²) in [6.07, 6.45) is 6.35. The molecule has 0 N–H and O–H groups in total. The predicted molar refractivity (Wildman–Crippen MR) is 63.7 cm³/mol. The molecule has 1 aromatic carbocycles. The summed E-state index contributed by atoms with van der Waals surface area (Å²) >= 11 is 0. The molecule has 0 saturated heterocycles. The number of rotatable bonds is 2. The Bertz CT molecular complexity index is 526. The van der Waals surface area contributed by atoms with Gasteiger partial charge in [-0.2, -0.15) is 0 Å². The minimum Gasteiger partial charge on any atom is -0.292 e. The Labute approximate surface area is 99.5 Å². The Hall–Kier alpha value is -2.03. The monoisotopic (exact) mass is 224 g/mol. The second kappa shape index (κ2) is 4.09. The molecular formula is C14H12N2O. The van der Waals surface area contributed by atoms with Crippen LogP contribution in [-0.4, -0.2) is 15.8 Å². The average Bonchev–Trinajstić information content (AvgIpc) is 2.82. The van der Waals surface area contributed by atoms with Crippen molar-refractivity contribution >= 4 is 5.78 Å². The predicted octanol–water partition coefficient (Wildman–Crippen LogP) is 2.07. The second-order valence-electron chi connectivity index (χ2n) is 4.33. The van der Waals surface area contributed by atoms with Crippen LogP contribution in [0, 0.1) is 5.92 Å². The van der Waals surface area contributed by atoms with Crippen LogP contribution in [-0.2, 0) is 12.8 Å². The van der Waals surface area contributed by atoms with Crippen molar-refractivity contribution in [2.75, 3.05) is 0 Å². The molecule has 3 nitrogen and oxygen atoms in total. The molecule has 1 aliphatic rings. The first kappa shape index (κ1) is 10.1. The number of carbonyl (C=O) groups is 1. The molecule has 0 radical (unpaired) electrons. The Morgan fingerprint density at radius 1 is 1.12 bits per heavy atom. The van der Waals surface area contributed by atoms with E-state index in [-0.39, 0.29) is 11.7 Å². The lowest BCUT2D eigenvalue weighted by molar-refractivity contribution is 0.0919. The Balaban J connectivity index is 1.84. The molecule has 3 rings (SSSR count). The van der Waals surface area contributed by atoms with E-state index in [4.69, 9.17) is 0 Å². The van der Waals surface area contributed by atoms with Gasteiger partial charge in [0, 0.05) is 18.3 Å². The highest BCUT2D eigenvalue weighted by Gasteiger charge is 2.28. The summed E-state index contributed by atoms with van der Waals surface area (Å²) < 4.78 is 0. The van der Waals surface area contributed by atoms with E-state index >= 15 is 0 Å². The molecule has 0 aliphatic heterocycles. The van der Waals surface area contributed by atoms with Gasteiger partial charge in [0.05, 0.1) is 6.20 Å². The van der Waals surface area contributed by atoms with Gasteiger partial charge in [0.2, 0.25) is 0 Å². The lowest BCUT2D eigenvalue weighted by Crippen LogP contribution is -2.16. The number of ketones is 1. The third-order valence-electron chi connectivity index (χ3n) is 3.24. The summed E-state index contributed by atoms with van der Waals surface area (Å²) in [5.74, 6) is 0.137. The number of fused-ring (bicyclic) bond motifs is 1. The molecule has 1 aromatic heterocycles. The van der Waals surface area contributed by atoms with Crippen molar-refractivity contribution in [3.05, 3.63) is 59.7 Å². The molecule has 0 atom stereocenters. The molecule has 0 saturated carbocycles. The molecule has 3 heteroatoms. The van der Waals surface area contributed by atoms with Gasteiger partial charge < -0.3 is 0 Å². The van der Waals surface area contributed by atoms with Crippen molar-refractivity contribution < 1.29 is 4.79 Å². The van der Waals surface area contributed by atoms with Crippen LogP contribution < -0.4 is 0 Å². The van der Waals surface area contributed by atoms with Crippen LogP contribution in [0.2, 0.25) is 0 Å². The standard InChI is InChI=1S/C14H12N2O/c17-14(13-9-15-5-6-16-13)12-7-10-3-1-2-4-11(10)8-12/h1-6,9,12H,7-8H2. The maximum Gasteiger partial charge on any atom is 0.186 e. The van der Waals surface area contributed by atoms with Gasteiger partial charge in [0.1, 0.15) is 5.69 Å². The number of nitrogens with zero attached hydrogens (tertiary/aromatic N) is 2. The highest BCUT2D eigenvalue weighted by atomic mass is 16.1. The van der Waals surface area contributed by atoms with Crippen LogP contribution in [0.5, 0.6) is 0 Å². The van der Waals surface area contributed by atoms with Crippen LogP contribution in [0.4, 0.5) is 0 Å². The topological polar surface area (TPSA) is 42.9 Å². The van der Waals surface area contributed by atoms with Crippen molar-refractivity contribution in [2.45, 2.75) is 12.8 Å². The largest absolute Gasteiger partial charge is 0.292 e. The zero-order valence-corrected chi connectivity index (χ0v) is 9.34. The van der Waals surface area contributed by atoms with Gasteiger partial charge in [-0.25, -0.2) is 4.98 Å². The first-order valence-electron chi connectivity index (χ1n) is 5.71. The van der Waals surface area contributed by atoms with Crippen LogP contribution in [0.15, 0.2) is 42.9 Å². The third kappa shape index (κ3) is 1.84. The maximum atomic E-state index is 12.2. The van der Waals surface area contributed by atoms with Gasteiger partial charge in [-0.15, -0.1) is 0 Å². The summed E-state index contributed by atoms with van der Waals surface area (Å²) in [4.78, 5) is 20.2. The number of hydrogen-bond donors (Lipinski definition) is 0. The van der Waals surface area contributed by atoms with Gasteiger partial charge in [0.25, 0.3) is 0 Å². The first-order valence-corrected chi connectivity index (χ1v) is 5.71. The molecule has 0 amide bonds. The Kier molecular flexibility index (Phi) is 2.44. The summed E-state index contributed by atoms with van der Waals surface area (Å²) in [6.45, 7) is 0. The molecule has 0 fully saturated rings. The van der Waals surface area contributed by atoms with E-state index in [1.165, 1.54) is 11.1 Å². The van der Waals surface area contributed by atoms with Crippen molar-refractivity contribution in [1.29, 1.82) is 0 Å². The van der Waals surface area contributed by atoms with Gasteiger partial charge in [-0.1, -0.05) is 24.3 Å². The highest BCUT2D eigenvalue weighted by Crippen LogP contribution is 2.28. The normalized spacial score (nSPS) is 14.6. The Morgan fingerprint density at radius 2 is 1.82 bits per heavy atom. The fraction of sp³-hybridized carbons (Fsp3) is 0.214. The van der Waals surface area contributed by atoms with Gasteiger partial charge in [-0.05, 0) is 24.0 Å². The number of aromatic nitrogens is 2. The van der Waals surface area contributed by atoms with E-state index in [0.29, 0.717) is 5.69 Å². The molecule has 0 spiro atoms. The first-order chi connectivity index (χ1) is 8.34. The zero-order chi connectivity index (χ0) is 11.7. The minimum absolute atomic E-state index is 0.0316. The van der Waals surface area contributed by atoms with Gasteiger partial charge in [-0.3, -0.25) is 9.78 Å². The summed E-state index contributed by atoms with van der Waals surface area (Å²) in [6, 6.07) is 8.24. The van der Waals surface area contributed by atoms with E-state index in [1.807, 2.05) is 12.1 Å². The quantitative estimate of drug-likeness (QED) is 0.733. The number of Topliss-reactive ketones (excluding diaryl/α,β-unsaturated/α-hetero) is 1.